The fraction of sp³-hybridized carbons (Fsp3) is 0. The molecule has 208 valence electrons. The summed E-state index contributed by atoms with van der Waals surface area (Å²) < 4.78 is 6.01. The Morgan fingerprint density at radius 1 is 0.295 bits per heavy atom. The number of rotatable bonds is 6. The van der Waals surface area contributed by atoms with E-state index < -0.39 is 0 Å². The summed E-state index contributed by atoms with van der Waals surface area (Å²) in [7, 11) is 0. The van der Waals surface area contributed by atoms with Crippen molar-refractivity contribution in [1.82, 2.24) is 0 Å². The molecule has 0 amide bonds. The van der Waals surface area contributed by atoms with Crippen LogP contribution in [0.3, 0.4) is 0 Å². The molecule has 0 aliphatic heterocycles. The summed E-state index contributed by atoms with van der Waals surface area (Å²) in [4.78, 5) is 0. The van der Waals surface area contributed by atoms with Gasteiger partial charge in [0.1, 0.15) is 11.2 Å². The van der Waals surface area contributed by atoms with Gasteiger partial charge < -0.3 is 9.73 Å². The largest absolute Gasteiger partial charge is 0.456 e. The standard InChI is InChI=1S/C42H29NO/c1-3-9-29(10-4-1)34-25-35(30-11-5-2-6-12-30)27-36(26-34)32-17-22-38(23-18-32)43-37-20-15-31(16-21-37)33-19-24-42-40(28-33)39-13-7-8-14-41(39)44-42/h1-28,43H. The van der Waals surface area contributed by atoms with Gasteiger partial charge in [0.05, 0.1) is 0 Å². The van der Waals surface area contributed by atoms with Crippen LogP contribution in [-0.4, -0.2) is 0 Å². The molecule has 44 heavy (non-hydrogen) atoms. The highest BCUT2D eigenvalue weighted by Gasteiger charge is 2.10. The predicted molar refractivity (Wildman–Crippen MR) is 185 cm³/mol. The van der Waals surface area contributed by atoms with Crippen molar-refractivity contribution in [3.63, 3.8) is 0 Å². The smallest absolute Gasteiger partial charge is 0.135 e. The maximum absolute atomic E-state index is 6.01. The van der Waals surface area contributed by atoms with Gasteiger partial charge in [-0.3, -0.25) is 0 Å². The number of anilines is 2. The fourth-order valence-electron chi connectivity index (χ4n) is 5.95. The SMILES string of the molecule is c1ccc(-c2cc(-c3ccccc3)cc(-c3ccc(Nc4ccc(-c5ccc6oc7ccccc7c6c5)cc4)cc3)c2)cc1. The van der Waals surface area contributed by atoms with Crippen molar-refractivity contribution in [3.05, 3.63) is 170 Å². The Bertz CT molecular complexity index is 2150. The molecule has 0 saturated heterocycles. The third-order valence-electron chi connectivity index (χ3n) is 8.25. The summed E-state index contributed by atoms with van der Waals surface area (Å²) in [6.45, 7) is 0. The van der Waals surface area contributed by atoms with E-state index in [0.717, 1.165) is 33.3 Å². The third-order valence-corrected chi connectivity index (χ3v) is 8.25. The van der Waals surface area contributed by atoms with E-state index in [4.69, 9.17) is 4.42 Å². The topological polar surface area (TPSA) is 25.2 Å². The van der Waals surface area contributed by atoms with Crippen LogP contribution in [0, 0.1) is 0 Å². The van der Waals surface area contributed by atoms with E-state index in [0.29, 0.717) is 0 Å². The molecule has 2 nitrogen and oxygen atoms in total. The average Bonchev–Trinajstić information content (AvgIpc) is 3.48. The van der Waals surface area contributed by atoms with Crippen molar-refractivity contribution >= 4 is 33.3 Å². The Hall–Kier alpha value is -5.86. The number of furan rings is 1. The van der Waals surface area contributed by atoms with Gasteiger partial charge in [-0.2, -0.15) is 0 Å². The number of para-hydroxylation sites is 1. The average molecular weight is 564 g/mol. The summed E-state index contributed by atoms with van der Waals surface area (Å²) in [6.07, 6.45) is 0. The van der Waals surface area contributed by atoms with Crippen LogP contribution in [0.15, 0.2) is 174 Å². The van der Waals surface area contributed by atoms with E-state index in [1.165, 1.54) is 44.5 Å². The zero-order valence-corrected chi connectivity index (χ0v) is 24.1. The molecule has 7 aromatic carbocycles. The molecule has 0 fully saturated rings. The minimum Gasteiger partial charge on any atom is -0.456 e. The van der Waals surface area contributed by atoms with Crippen molar-refractivity contribution in [3.8, 4) is 44.5 Å². The molecule has 8 aromatic rings. The molecule has 0 spiro atoms. The van der Waals surface area contributed by atoms with Crippen LogP contribution >= 0.6 is 0 Å². The first-order chi connectivity index (χ1) is 21.8. The zero-order chi connectivity index (χ0) is 29.3. The lowest BCUT2D eigenvalue weighted by Crippen LogP contribution is -1.91. The first kappa shape index (κ1) is 25.8. The second kappa shape index (κ2) is 11.1. The van der Waals surface area contributed by atoms with Crippen molar-refractivity contribution in [2.75, 3.05) is 5.32 Å². The van der Waals surface area contributed by atoms with Crippen LogP contribution in [0.5, 0.6) is 0 Å². The summed E-state index contributed by atoms with van der Waals surface area (Å²) in [5.41, 5.74) is 13.5. The van der Waals surface area contributed by atoms with E-state index in [-0.39, 0.29) is 0 Å². The zero-order valence-electron chi connectivity index (χ0n) is 24.1. The number of hydrogen-bond acceptors (Lipinski definition) is 2. The van der Waals surface area contributed by atoms with E-state index in [1.54, 1.807) is 0 Å². The third kappa shape index (κ3) is 5.04. The van der Waals surface area contributed by atoms with Crippen LogP contribution in [0.4, 0.5) is 11.4 Å². The normalized spacial score (nSPS) is 11.2. The molecule has 8 rings (SSSR count). The minimum absolute atomic E-state index is 0.916. The van der Waals surface area contributed by atoms with Gasteiger partial charge in [-0.25, -0.2) is 0 Å². The van der Waals surface area contributed by atoms with E-state index >= 15 is 0 Å². The second-order valence-corrected chi connectivity index (χ2v) is 11.1. The van der Waals surface area contributed by atoms with Crippen molar-refractivity contribution in [1.29, 1.82) is 0 Å². The van der Waals surface area contributed by atoms with Gasteiger partial charge in [-0.05, 0) is 105 Å². The molecule has 1 aromatic heterocycles. The molecule has 0 aliphatic carbocycles. The molecule has 0 radical (unpaired) electrons. The molecule has 1 heterocycles. The van der Waals surface area contributed by atoms with Crippen LogP contribution in [0.25, 0.3) is 66.4 Å². The lowest BCUT2D eigenvalue weighted by molar-refractivity contribution is 0.669. The highest BCUT2D eigenvalue weighted by Crippen LogP contribution is 2.35. The summed E-state index contributed by atoms with van der Waals surface area (Å²) >= 11 is 0. The number of fused-ring (bicyclic) bond motifs is 3. The Balaban J connectivity index is 1.05. The first-order valence-corrected chi connectivity index (χ1v) is 14.9. The highest BCUT2D eigenvalue weighted by atomic mass is 16.3. The van der Waals surface area contributed by atoms with E-state index in [1.807, 2.05) is 12.1 Å². The molecule has 0 saturated carbocycles. The molecule has 1 N–H and O–H groups in total. The lowest BCUT2D eigenvalue weighted by atomic mass is 9.93. The Kier molecular flexibility index (Phi) is 6.51. The van der Waals surface area contributed by atoms with Gasteiger partial charge in [0.2, 0.25) is 0 Å². The van der Waals surface area contributed by atoms with Crippen molar-refractivity contribution in [2.45, 2.75) is 0 Å². The van der Waals surface area contributed by atoms with Crippen LogP contribution in [-0.2, 0) is 0 Å². The number of hydrogen-bond donors (Lipinski definition) is 1. The van der Waals surface area contributed by atoms with E-state index in [9.17, 15) is 0 Å². The molecular weight excluding hydrogens is 534 g/mol. The van der Waals surface area contributed by atoms with Gasteiger partial charge in [-0.15, -0.1) is 0 Å². The molecule has 0 unspecified atom stereocenters. The number of nitrogens with one attached hydrogen (secondary N) is 1. The van der Waals surface area contributed by atoms with Crippen LogP contribution in [0.1, 0.15) is 0 Å². The molecule has 0 bridgehead atoms. The van der Waals surface area contributed by atoms with Gasteiger partial charge in [0.25, 0.3) is 0 Å². The fourth-order valence-corrected chi connectivity index (χ4v) is 5.95. The van der Waals surface area contributed by atoms with Gasteiger partial charge in [0, 0.05) is 22.1 Å². The molecular formula is C42H29NO. The van der Waals surface area contributed by atoms with Crippen molar-refractivity contribution in [2.24, 2.45) is 0 Å². The molecule has 0 atom stereocenters. The van der Waals surface area contributed by atoms with Gasteiger partial charge in [-0.1, -0.05) is 109 Å². The Morgan fingerprint density at radius 2 is 0.727 bits per heavy atom. The Morgan fingerprint density at radius 3 is 1.30 bits per heavy atom. The van der Waals surface area contributed by atoms with Gasteiger partial charge in [0.15, 0.2) is 0 Å². The molecule has 2 heteroatoms. The predicted octanol–water partition coefficient (Wildman–Crippen LogP) is 12.0. The number of benzene rings is 7. The first-order valence-electron chi connectivity index (χ1n) is 14.9. The van der Waals surface area contributed by atoms with Crippen LogP contribution in [0.2, 0.25) is 0 Å². The highest BCUT2D eigenvalue weighted by molar-refractivity contribution is 6.06. The Labute approximate surface area is 256 Å². The quantitative estimate of drug-likeness (QED) is 0.218. The maximum atomic E-state index is 6.01. The minimum atomic E-state index is 0.916. The lowest BCUT2D eigenvalue weighted by Gasteiger charge is -2.12. The molecule has 0 aliphatic rings. The van der Waals surface area contributed by atoms with E-state index in [2.05, 4.69) is 163 Å². The summed E-state index contributed by atoms with van der Waals surface area (Å²) in [5.74, 6) is 0. The van der Waals surface area contributed by atoms with Crippen molar-refractivity contribution < 1.29 is 4.42 Å². The summed E-state index contributed by atoms with van der Waals surface area (Å²) in [5, 5.41) is 5.86. The van der Waals surface area contributed by atoms with Crippen LogP contribution < -0.4 is 5.32 Å². The second-order valence-electron chi connectivity index (χ2n) is 11.1. The summed E-state index contributed by atoms with van der Waals surface area (Å²) in [6, 6.07) is 59.9. The van der Waals surface area contributed by atoms with Gasteiger partial charge >= 0.3 is 0 Å². The maximum Gasteiger partial charge on any atom is 0.135 e. The monoisotopic (exact) mass is 563 g/mol.